The van der Waals surface area contributed by atoms with Crippen molar-refractivity contribution in [1.29, 1.82) is 0 Å². The Morgan fingerprint density at radius 1 is 1.07 bits per heavy atom. The van der Waals surface area contributed by atoms with E-state index in [1.165, 1.54) is 0 Å². The van der Waals surface area contributed by atoms with Gasteiger partial charge in [0.25, 0.3) is 0 Å². The number of carbonyl (C=O) groups is 2. The first-order valence-electron chi connectivity index (χ1n) is 10.1. The number of piperidine rings is 1. The molecule has 0 saturated carbocycles. The number of amides is 2. The molecular formula is C23H27N3O2. The van der Waals surface area contributed by atoms with E-state index in [0.29, 0.717) is 25.9 Å². The van der Waals surface area contributed by atoms with Gasteiger partial charge in [-0.05, 0) is 42.4 Å². The molecule has 28 heavy (non-hydrogen) atoms. The lowest BCUT2D eigenvalue weighted by Crippen LogP contribution is -2.42. The van der Waals surface area contributed by atoms with Gasteiger partial charge in [0, 0.05) is 31.2 Å². The maximum Gasteiger partial charge on any atom is 0.232 e. The molecule has 1 saturated heterocycles. The summed E-state index contributed by atoms with van der Waals surface area (Å²) >= 11 is 0. The number of nitrogens with one attached hydrogen (secondary N) is 1. The van der Waals surface area contributed by atoms with E-state index in [-0.39, 0.29) is 29.7 Å². The minimum atomic E-state index is -0.167. The highest BCUT2D eigenvalue weighted by Gasteiger charge is 2.38. The molecule has 5 nitrogen and oxygen atoms in total. The molecule has 2 aromatic carbocycles. The Hall–Kier alpha value is -2.66. The van der Waals surface area contributed by atoms with Crippen LogP contribution in [0.5, 0.6) is 0 Å². The topological polar surface area (TPSA) is 75.4 Å². The second-order valence-electron chi connectivity index (χ2n) is 7.93. The molecule has 2 aliphatic rings. The Labute approximate surface area is 165 Å². The van der Waals surface area contributed by atoms with E-state index < -0.39 is 0 Å². The summed E-state index contributed by atoms with van der Waals surface area (Å²) < 4.78 is 0. The first-order valence-corrected chi connectivity index (χ1v) is 10.1. The molecule has 4 rings (SSSR count). The van der Waals surface area contributed by atoms with E-state index in [0.717, 1.165) is 29.7 Å². The van der Waals surface area contributed by atoms with Crippen molar-refractivity contribution in [3.63, 3.8) is 0 Å². The molecule has 2 aromatic rings. The summed E-state index contributed by atoms with van der Waals surface area (Å²) in [6.45, 7) is 1.40. The molecule has 0 spiro atoms. The van der Waals surface area contributed by atoms with Gasteiger partial charge in [-0.1, -0.05) is 48.5 Å². The molecule has 3 N–H and O–H groups in total. The van der Waals surface area contributed by atoms with Crippen LogP contribution in [0, 0.1) is 5.92 Å². The van der Waals surface area contributed by atoms with Gasteiger partial charge in [0.15, 0.2) is 0 Å². The van der Waals surface area contributed by atoms with Gasteiger partial charge in [-0.2, -0.15) is 0 Å². The molecule has 0 aromatic heterocycles. The number of anilines is 1. The molecule has 1 fully saturated rings. The van der Waals surface area contributed by atoms with Crippen molar-refractivity contribution in [1.82, 2.24) is 4.90 Å². The maximum atomic E-state index is 12.7. The summed E-state index contributed by atoms with van der Waals surface area (Å²) in [5.74, 6) is 0.411. The second kappa shape index (κ2) is 8.15. The number of nitrogens with zero attached hydrogens (tertiary/aromatic N) is 1. The molecule has 1 unspecified atom stereocenters. The number of rotatable bonds is 5. The molecule has 0 aliphatic carbocycles. The normalized spacial score (nSPS) is 20.5. The zero-order valence-corrected chi connectivity index (χ0v) is 16.0. The Bertz CT molecular complexity index is 844. The smallest absolute Gasteiger partial charge is 0.232 e. The first kappa shape index (κ1) is 18.7. The quantitative estimate of drug-likeness (QED) is 0.841. The standard InChI is InChI=1S/C23H27N3O2/c24-18(14-16-6-2-1-3-7-16)15-21(27)26-12-10-17(11-13-26)22-19-8-4-5-9-20(19)25-23(22)28/h1-9,17-18,22H,10-15,24H2,(H,25,28)/t18-,22?/m1/s1. The van der Waals surface area contributed by atoms with Crippen molar-refractivity contribution in [2.45, 2.75) is 37.6 Å². The Balaban J connectivity index is 1.30. The van der Waals surface area contributed by atoms with Gasteiger partial charge in [-0.15, -0.1) is 0 Å². The molecule has 2 heterocycles. The van der Waals surface area contributed by atoms with E-state index in [9.17, 15) is 9.59 Å². The van der Waals surface area contributed by atoms with E-state index in [2.05, 4.69) is 5.32 Å². The third-order valence-electron chi connectivity index (χ3n) is 5.98. The van der Waals surface area contributed by atoms with Crippen molar-refractivity contribution in [2.24, 2.45) is 11.7 Å². The number of likely N-dealkylation sites (tertiary alicyclic amines) is 1. The van der Waals surface area contributed by atoms with Crippen LogP contribution in [0.25, 0.3) is 0 Å². The first-order chi connectivity index (χ1) is 13.6. The van der Waals surface area contributed by atoms with Gasteiger partial charge in [-0.25, -0.2) is 0 Å². The largest absolute Gasteiger partial charge is 0.343 e. The van der Waals surface area contributed by atoms with Crippen molar-refractivity contribution < 1.29 is 9.59 Å². The molecule has 2 atom stereocenters. The fraction of sp³-hybridized carbons (Fsp3) is 0.391. The van der Waals surface area contributed by atoms with Crippen LogP contribution in [0.2, 0.25) is 0 Å². The highest BCUT2D eigenvalue weighted by Crippen LogP contribution is 2.41. The van der Waals surface area contributed by atoms with Crippen LogP contribution in [0.3, 0.4) is 0 Å². The van der Waals surface area contributed by atoms with Gasteiger partial charge in [0.05, 0.1) is 5.92 Å². The number of carbonyl (C=O) groups excluding carboxylic acids is 2. The summed E-state index contributed by atoms with van der Waals surface area (Å²) in [5.41, 5.74) is 9.40. The molecule has 2 aliphatic heterocycles. The maximum absolute atomic E-state index is 12.7. The van der Waals surface area contributed by atoms with Crippen LogP contribution >= 0.6 is 0 Å². The fourth-order valence-electron chi connectivity index (χ4n) is 4.53. The fourth-order valence-corrected chi connectivity index (χ4v) is 4.53. The SMILES string of the molecule is N[C@@H](CC(=O)N1CCC(C2C(=O)Nc3ccccc32)CC1)Cc1ccccc1. The number of para-hydroxylation sites is 1. The van der Waals surface area contributed by atoms with Crippen LogP contribution < -0.4 is 11.1 Å². The number of benzene rings is 2. The monoisotopic (exact) mass is 377 g/mol. The molecular weight excluding hydrogens is 350 g/mol. The summed E-state index contributed by atoms with van der Waals surface area (Å²) in [6, 6.07) is 17.8. The Morgan fingerprint density at radius 2 is 1.75 bits per heavy atom. The summed E-state index contributed by atoms with van der Waals surface area (Å²) in [5, 5.41) is 2.99. The van der Waals surface area contributed by atoms with E-state index in [1.807, 2.05) is 59.5 Å². The minimum Gasteiger partial charge on any atom is -0.343 e. The lowest BCUT2D eigenvalue weighted by atomic mass is 9.80. The minimum absolute atomic E-state index is 0.0891. The van der Waals surface area contributed by atoms with E-state index >= 15 is 0 Å². The average molecular weight is 377 g/mol. The number of fused-ring (bicyclic) bond motifs is 1. The van der Waals surface area contributed by atoms with Gasteiger partial charge in [0.1, 0.15) is 0 Å². The van der Waals surface area contributed by atoms with Crippen LogP contribution in [-0.2, 0) is 16.0 Å². The zero-order chi connectivity index (χ0) is 19.5. The highest BCUT2D eigenvalue weighted by atomic mass is 16.2. The predicted molar refractivity (Wildman–Crippen MR) is 110 cm³/mol. The lowest BCUT2D eigenvalue weighted by Gasteiger charge is -2.34. The summed E-state index contributed by atoms with van der Waals surface area (Å²) in [4.78, 5) is 27.0. The van der Waals surface area contributed by atoms with Crippen LogP contribution in [0.1, 0.15) is 36.3 Å². The molecule has 146 valence electrons. The molecule has 2 amide bonds. The van der Waals surface area contributed by atoms with Gasteiger partial charge < -0.3 is 16.0 Å². The Kier molecular flexibility index (Phi) is 5.44. The van der Waals surface area contributed by atoms with E-state index in [1.54, 1.807) is 0 Å². The van der Waals surface area contributed by atoms with Gasteiger partial charge in [0.2, 0.25) is 11.8 Å². The van der Waals surface area contributed by atoms with Gasteiger partial charge in [-0.3, -0.25) is 9.59 Å². The summed E-state index contributed by atoms with van der Waals surface area (Å²) in [7, 11) is 0. The van der Waals surface area contributed by atoms with Crippen LogP contribution in [-0.4, -0.2) is 35.8 Å². The average Bonchev–Trinajstić information content (AvgIpc) is 3.04. The molecule has 0 bridgehead atoms. The Morgan fingerprint density at radius 3 is 2.50 bits per heavy atom. The van der Waals surface area contributed by atoms with Crippen LogP contribution in [0.15, 0.2) is 54.6 Å². The van der Waals surface area contributed by atoms with Gasteiger partial charge >= 0.3 is 0 Å². The predicted octanol–water partition coefficient (Wildman–Crippen LogP) is 2.92. The number of hydrogen-bond acceptors (Lipinski definition) is 3. The third kappa shape index (κ3) is 3.94. The van der Waals surface area contributed by atoms with Crippen molar-refractivity contribution >= 4 is 17.5 Å². The lowest BCUT2D eigenvalue weighted by molar-refractivity contribution is -0.133. The van der Waals surface area contributed by atoms with Crippen molar-refractivity contribution in [2.75, 3.05) is 18.4 Å². The summed E-state index contributed by atoms with van der Waals surface area (Å²) in [6.07, 6.45) is 2.78. The van der Waals surface area contributed by atoms with Crippen LogP contribution in [0.4, 0.5) is 5.69 Å². The van der Waals surface area contributed by atoms with Crippen molar-refractivity contribution in [3.8, 4) is 0 Å². The van der Waals surface area contributed by atoms with E-state index in [4.69, 9.17) is 5.73 Å². The highest BCUT2D eigenvalue weighted by molar-refractivity contribution is 6.03. The number of hydrogen-bond donors (Lipinski definition) is 2. The van der Waals surface area contributed by atoms with Crippen molar-refractivity contribution in [3.05, 3.63) is 65.7 Å². The second-order valence-corrected chi connectivity index (χ2v) is 7.93. The molecule has 5 heteroatoms. The zero-order valence-electron chi connectivity index (χ0n) is 16.0. The third-order valence-corrected chi connectivity index (χ3v) is 5.98. The number of nitrogens with two attached hydrogens (primary N) is 1. The molecule has 0 radical (unpaired) electrons.